The zero-order valence-corrected chi connectivity index (χ0v) is 10.2. The second kappa shape index (κ2) is 5.44. The van der Waals surface area contributed by atoms with Gasteiger partial charge in [-0.05, 0) is 13.0 Å². The van der Waals surface area contributed by atoms with E-state index >= 15 is 0 Å². The van der Waals surface area contributed by atoms with Crippen molar-refractivity contribution in [3.63, 3.8) is 0 Å². The number of hydrogen-bond donors (Lipinski definition) is 1. The highest BCUT2D eigenvalue weighted by atomic mass is 16.6. The maximum Gasteiger partial charge on any atom is 0.270 e. The molecule has 100 valence electrons. The molecule has 0 saturated heterocycles. The first-order chi connectivity index (χ1) is 9.11. The molecule has 0 bridgehead atoms. The minimum atomic E-state index is -0.478. The Morgan fingerprint density at radius 1 is 1.47 bits per heavy atom. The van der Waals surface area contributed by atoms with Crippen LogP contribution in [0.3, 0.4) is 0 Å². The molecule has 0 atom stereocenters. The van der Waals surface area contributed by atoms with Crippen LogP contribution >= 0.6 is 0 Å². The number of hydrogen-bond acceptors (Lipinski definition) is 7. The van der Waals surface area contributed by atoms with Gasteiger partial charge in [-0.25, -0.2) is 4.63 Å². The minimum absolute atomic E-state index is 0.0212. The highest BCUT2D eigenvalue weighted by Crippen LogP contribution is 2.24. The number of nitrogens with two attached hydrogens (primary N) is 1. The maximum atomic E-state index is 10.7. The molecular formula is C11H12N4O4. The molecule has 0 unspecified atom stereocenters. The molecule has 0 saturated carbocycles. The van der Waals surface area contributed by atoms with Gasteiger partial charge in [-0.2, -0.15) is 0 Å². The van der Waals surface area contributed by atoms with E-state index in [2.05, 4.69) is 14.9 Å². The standard InChI is InChI=1S/C11H12N4O4/c1-7-10(14-19-13-7)6-18-11-3-2-9(15(16)17)4-8(11)5-12/h2-4H,5-6,12H2,1H3. The van der Waals surface area contributed by atoms with Crippen molar-refractivity contribution < 1.29 is 14.3 Å². The first kappa shape index (κ1) is 13.0. The fraction of sp³-hybridized carbons (Fsp3) is 0.273. The van der Waals surface area contributed by atoms with Crippen molar-refractivity contribution in [2.45, 2.75) is 20.1 Å². The molecular weight excluding hydrogens is 252 g/mol. The van der Waals surface area contributed by atoms with Crippen molar-refractivity contribution in [1.82, 2.24) is 10.3 Å². The molecule has 2 N–H and O–H groups in total. The lowest BCUT2D eigenvalue weighted by Gasteiger charge is -2.08. The van der Waals surface area contributed by atoms with Crippen LogP contribution in [0.1, 0.15) is 17.0 Å². The zero-order chi connectivity index (χ0) is 13.8. The average molecular weight is 264 g/mol. The molecule has 1 aromatic heterocycles. The van der Waals surface area contributed by atoms with Crippen molar-refractivity contribution in [3.05, 3.63) is 45.3 Å². The summed E-state index contributed by atoms with van der Waals surface area (Å²) >= 11 is 0. The van der Waals surface area contributed by atoms with Crippen LogP contribution in [0, 0.1) is 17.0 Å². The van der Waals surface area contributed by atoms with Gasteiger partial charge in [0.25, 0.3) is 5.69 Å². The summed E-state index contributed by atoms with van der Waals surface area (Å²) in [6, 6.07) is 4.27. The van der Waals surface area contributed by atoms with E-state index in [9.17, 15) is 10.1 Å². The summed E-state index contributed by atoms with van der Waals surface area (Å²) in [5.41, 5.74) is 7.29. The Morgan fingerprint density at radius 3 is 2.84 bits per heavy atom. The number of rotatable bonds is 5. The summed E-state index contributed by atoms with van der Waals surface area (Å²) in [5.74, 6) is 0.482. The smallest absolute Gasteiger partial charge is 0.270 e. The highest BCUT2D eigenvalue weighted by molar-refractivity contribution is 5.43. The molecule has 0 fully saturated rings. The average Bonchev–Trinajstić information content (AvgIpc) is 2.81. The summed E-state index contributed by atoms with van der Waals surface area (Å²) in [5, 5.41) is 18.0. The van der Waals surface area contributed by atoms with Crippen LogP contribution in [-0.4, -0.2) is 15.2 Å². The van der Waals surface area contributed by atoms with Gasteiger partial charge >= 0.3 is 0 Å². The van der Waals surface area contributed by atoms with Gasteiger partial charge in [-0.3, -0.25) is 10.1 Å². The van der Waals surface area contributed by atoms with Crippen LogP contribution in [-0.2, 0) is 13.2 Å². The van der Waals surface area contributed by atoms with E-state index in [1.165, 1.54) is 18.2 Å². The molecule has 0 amide bonds. The number of nitro benzene ring substituents is 1. The van der Waals surface area contributed by atoms with Crippen molar-refractivity contribution in [3.8, 4) is 5.75 Å². The Morgan fingerprint density at radius 2 is 2.26 bits per heavy atom. The third-order valence-electron chi connectivity index (χ3n) is 2.59. The Hall–Kier alpha value is -2.48. The Kier molecular flexibility index (Phi) is 3.71. The minimum Gasteiger partial charge on any atom is -0.487 e. The summed E-state index contributed by atoms with van der Waals surface area (Å²) < 4.78 is 10.1. The van der Waals surface area contributed by atoms with Crippen LogP contribution in [0.2, 0.25) is 0 Å². The fourth-order valence-corrected chi connectivity index (χ4v) is 1.51. The topological polar surface area (TPSA) is 117 Å². The van der Waals surface area contributed by atoms with E-state index in [0.717, 1.165) is 0 Å². The highest BCUT2D eigenvalue weighted by Gasteiger charge is 2.12. The molecule has 8 heteroatoms. The lowest BCUT2D eigenvalue weighted by molar-refractivity contribution is -0.384. The molecule has 8 nitrogen and oxygen atoms in total. The normalized spacial score (nSPS) is 10.4. The summed E-state index contributed by atoms with van der Waals surface area (Å²) in [6.07, 6.45) is 0. The van der Waals surface area contributed by atoms with E-state index in [0.29, 0.717) is 22.7 Å². The van der Waals surface area contributed by atoms with Crippen LogP contribution in [0.5, 0.6) is 5.75 Å². The number of non-ortho nitro benzene ring substituents is 1. The predicted octanol–water partition coefficient (Wildman–Crippen LogP) is 1.32. The van der Waals surface area contributed by atoms with Crippen LogP contribution in [0.15, 0.2) is 22.8 Å². The molecule has 0 radical (unpaired) electrons. The van der Waals surface area contributed by atoms with Crippen LogP contribution < -0.4 is 10.5 Å². The van der Waals surface area contributed by atoms with Crippen molar-refractivity contribution >= 4 is 5.69 Å². The summed E-state index contributed by atoms with van der Waals surface area (Å²) in [4.78, 5) is 10.2. The monoisotopic (exact) mass is 264 g/mol. The molecule has 19 heavy (non-hydrogen) atoms. The third kappa shape index (κ3) is 2.86. The van der Waals surface area contributed by atoms with E-state index in [-0.39, 0.29) is 18.8 Å². The van der Waals surface area contributed by atoms with Gasteiger partial charge in [0.1, 0.15) is 23.7 Å². The molecule has 0 aliphatic heterocycles. The first-order valence-corrected chi connectivity index (χ1v) is 5.50. The van der Waals surface area contributed by atoms with Gasteiger partial charge in [0, 0.05) is 24.2 Å². The van der Waals surface area contributed by atoms with Crippen molar-refractivity contribution in [2.24, 2.45) is 5.73 Å². The van der Waals surface area contributed by atoms with E-state index in [1.54, 1.807) is 6.92 Å². The third-order valence-corrected chi connectivity index (χ3v) is 2.59. The second-order valence-corrected chi connectivity index (χ2v) is 3.84. The maximum absolute atomic E-state index is 10.7. The number of aromatic nitrogens is 2. The first-order valence-electron chi connectivity index (χ1n) is 5.50. The second-order valence-electron chi connectivity index (χ2n) is 3.84. The molecule has 1 heterocycles. The number of aryl methyl sites for hydroxylation is 1. The van der Waals surface area contributed by atoms with Gasteiger partial charge in [0.2, 0.25) is 0 Å². The predicted molar refractivity (Wildman–Crippen MR) is 64.4 cm³/mol. The van der Waals surface area contributed by atoms with Gasteiger partial charge < -0.3 is 10.5 Å². The molecule has 2 rings (SSSR count). The SMILES string of the molecule is Cc1nonc1COc1ccc([N+](=O)[O-])cc1CN. The molecule has 2 aromatic rings. The van der Waals surface area contributed by atoms with Crippen molar-refractivity contribution in [2.75, 3.05) is 0 Å². The number of ether oxygens (including phenoxy) is 1. The fourth-order valence-electron chi connectivity index (χ4n) is 1.51. The van der Waals surface area contributed by atoms with Gasteiger partial charge in [-0.15, -0.1) is 0 Å². The van der Waals surface area contributed by atoms with Crippen LogP contribution in [0.4, 0.5) is 5.69 Å². The number of benzene rings is 1. The number of nitrogens with zero attached hydrogens (tertiary/aromatic N) is 3. The quantitative estimate of drug-likeness (QED) is 0.639. The van der Waals surface area contributed by atoms with Gasteiger partial charge in [0.15, 0.2) is 0 Å². The Bertz CT molecular complexity index is 596. The Balaban J connectivity index is 2.16. The van der Waals surface area contributed by atoms with E-state index in [1.807, 2.05) is 0 Å². The molecule has 0 aliphatic rings. The lowest BCUT2D eigenvalue weighted by Crippen LogP contribution is -2.04. The Labute approximate surface area is 108 Å². The van der Waals surface area contributed by atoms with E-state index in [4.69, 9.17) is 10.5 Å². The van der Waals surface area contributed by atoms with Gasteiger partial charge in [-0.1, -0.05) is 10.3 Å². The molecule has 0 spiro atoms. The van der Waals surface area contributed by atoms with Crippen LogP contribution in [0.25, 0.3) is 0 Å². The van der Waals surface area contributed by atoms with E-state index < -0.39 is 4.92 Å². The lowest BCUT2D eigenvalue weighted by atomic mass is 10.2. The number of nitro groups is 1. The zero-order valence-electron chi connectivity index (χ0n) is 10.2. The van der Waals surface area contributed by atoms with Crippen molar-refractivity contribution in [1.29, 1.82) is 0 Å². The summed E-state index contributed by atoms with van der Waals surface area (Å²) in [6.45, 7) is 2.06. The molecule has 0 aliphatic carbocycles. The van der Waals surface area contributed by atoms with Gasteiger partial charge in [0.05, 0.1) is 4.92 Å². The summed E-state index contributed by atoms with van der Waals surface area (Å²) in [7, 11) is 0. The largest absolute Gasteiger partial charge is 0.487 e. The molecule has 1 aromatic carbocycles.